The molecule has 5 heteroatoms. The molecular weight excluding hydrogens is 212 g/mol. The molecule has 1 amide bonds. The van der Waals surface area contributed by atoms with Gasteiger partial charge in [0.15, 0.2) is 5.13 Å². The van der Waals surface area contributed by atoms with Gasteiger partial charge in [-0.2, -0.15) is 0 Å². The fourth-order valence-corrected chi connectivity index (χ4v) is 2.61. The van der Waals surface area contributed by atoms with E-state index in [1.807, 2.05) is 0 Å². The van der Waals surface area contributed by atoms with Crippen LogP contribution in [-0.4, -0.2) is 24.1 Å². The van der Waals surface area contributed by atoms with Crippen LogP contribution in [0.5, 0.6) is 0 Å². The van der Waals surface area contributed by atoms with Crippen molar-refractivity contribution in [2.45, 2.75) is 32.3 Å². The van der Waals surface area contributed by atoms with Crippen LogP contribution >= 0.6 is 11.3 Å². The number of ether oxygens (including phenoxy) is 1. The van der Waals surface area contributed by atoms with Crippen molar-refractivity contribution in [3.05, 3.63) is 10.6 Å². The molecule has 0 fully saturated rings. The van der Waals surface area contributed by atoms with Gasteiger partial charge in [-0.1, -0.05) is 0 Å². The van der Waals surface area contributed by atoms with Crippen LogP contribution in [0.4, 0.5) is 5.13 Å². The molecule has 82 valence electrons. The van der Waals surface area contributed by atoms with E-state index in [0.717, 1.165) is 18.5 Å². The predicted octanol–water partition coefficient (Wildman–Crippen LogP) is 1.61. The average Bonchev–Trinajstić information content (AvgIpc) is 2.76. The van der Waals surface area contributed by atoms with Crippen LogP contribution < -0.4 is 5.32 Å². The zero-order valence-corrected chi connectivity index (χ0v) is 9.69. The van der Waals surface area contributed by atoms with Crippen molar-refractivity contribution in [1.29, 1.82) is 0 Å². The number of aromatic nitrogens is 1. The van der Waals surface area contributed by atoms with Gasteiger partial charge in [-0.3, -0.25) is 10.1 Å². The van der Waals surface area contributed by atoms with Gasteiger partial charge in [0.25, 0.3) is 5.91 Å². The molecular formula is C10H14N2O2S. The van der Waals surface area contributed by atoms with Crippen LogP contribution in [0.3, 0.4) is 0 Å². The Balaban J connectivity index is 2.02. The summed E-state index contributed by atoms with van der Waals surface area (Å²) in [6, 6.07) is 0. The Bertz CT molecular complexity index is 354. The quantitative estimate of drug-likeness (QED) is 0.851. The Kier molecular flexibility index (Phi) is 3.02. The Morgan fingerprint density at radius 3 is 3.07 bits per heavy atom. The minimum atomic E-state index is -0.427. The number of fused-ring (bicyclic) bond motifs is 1. The molecule has 1 aliphatic rings. The normalized spacial score (nSPS) is 16.1. The number of nitrogens with zero attached hydrogens (tertiary/aromatic N) is 1. The van der Waals surface area contributed by atoms with E-state index in [-0.39, 0.29) is 5.91 Å². The van der Waals surface area contributed by atoms with E-state index < -0.39 is 6.10 Å². The molecule has 1 aromatic rings. The highest BCUT2D eigenvalue weighted by atomic mass is 32.1. The first kappa shape index (κ1) is 10.6. The standard InChI is InChI=1S/C10H14N2O2S/c1-6(14-2)9(13)12-10-11-7-4-3-5-8(7)15-10/h6H,3-5H2,1-2H3,(H,11,12,13). The van der Waals surface area contributed by atoms with Gasteiger partial charge in [-0.15, -0.1) is 11.3 Å². The average molecular weight is 226 g/mol. The number of aryl methyl sites for hydroxylation is 2. The fraction of sp³-hybridized carbons (Fsp3) is 0.600. The van der Waals surface area contributed by atoms with Crippen molar-refractivity contribution >= 4 is 22.4 Å². The van der Waals surface area contributed by atoms with Crippen LogP contribution in [0.2, 0.25) is 0 Å². The minimum absolute atomic E-state index is 0.134. The van der Waals surface area contributed by atoms with Gasteiger partial charge in [0.05, 0.1) is 5.69 Å². The van der Waals surface area contributed by atoms with Crippen LogP contribution in [0.1, 0.15) is 23.9 Å². The Morgan fingerprint density at radius 1 is 1.60 bits per heavy atom. The zero-order valence-electron chi connectivity index (χ0n) is 8.87. The summed E-state index contributed by atoms with van der Waals surface area (Å²) in [5.41, 5.74) is 1.15. The zero-order chi connectivity index (χ0) is 10.8. The first-order valence-electron chi connectivity index (χ1n) is 5.03. The molecule has 0 bridgehead atoms. The van der Waals surface area contributed by atoms with Crippen LogP contribution in [0.15, 0.2) is 0 Å². The van der Waals surface area contributed by atoms with E-state index in [1.54, 1.807) is 18.3 Å². The van der Waals surface area contributed by atoms with Gasteiger partial charge in [-0.25, -0.2) is 4.98 Å². The van der Waals surface area contributed by atoms with Gasteiger partial charge < -0.3 is 4.74 Å². The first-order valence-corrected chi connectivity index (χ1v) is 5.84. The van der Waals surface area contributed by atoms with Gasteiger partial charge in [0, 0.05) is 12.0 Å². The monoisotopic (exact) mass is 226 g/mol. The maximum atomic E-state index is 11.5. The molecule has 4 nitrogen and oxygen atoms in total. The summed E-state index contributed by atoms with van der Waals surface area (Å²) in [5, 5.41) is 3.47. The number of rotatable bonds is 3. The van der Waals surface area contributed by atoms with Crippen molar-refractivity contribution in [2.75, 3.05) is 12.4 Å². The van der Waals surface area contributed by atoms with E-state index in [9.17, 15) is 4.79 Å². The van der Waals surface area contributed by atoms with Gasteiger partial charge in [0.1, 0.15) is 6.10 Å². The molecule has 1 atom stereocenters. The summed E-state index contributed by atoms with van der Waals surface area (Å²) in [6.07, 6.45) is 2.91. The van der Waals surface area contributed by atoms with Crippen molar-refractivity contribution in [1.82, 2.24) is 4.98 Å². The van der Waals surface area contributed by atoms with Crippen molar-refractivity contribution < 1.29 is 9.53 Å². The summed E-state index contributed by atoms with van der Waals surface area (Å²) in [7, 11) is 1.52. The van der Waals surface area contributed by atoms with E-state index in [2.05, 4.69) is 10.3 Å². The highest BCUT2D eigenvalue weighted by Crippen LogP contribution is 2.30. The lowest BCUT2D eigenvalue weighted by atomic mass is 10.4. The lowest BCUT2D eigenvalue weighted by Gasteiger charge is -2.07. The second kappa shape index (κ2) is 4.28. The van der Waals surface area contributed by atoms with Crippen LogP contribution in [0.25, 0.3) is 0 Å². The summed E-state index contributed by atoms with van der Waals surface area (Å²) in [4.78, 5) is 17.2. The molecule has 0 radical (unpaired) electrons. The molecule has 0 aliphatic heterocycles. The van der Waals surface area contributed by atoms with Gasteiger partial charge >= 0.3 is 0 Å². The largest absolute Gasteiger partial charge is 0.372 e. The van der Waals surface area contributed by atoms with Crippen molar-refractivity contribution in [2.24, 2.45) is 0 Å². The highest BCUT2D eigenvalue weighted by Gasteiger charge is 2.19. The Hall–Kier alpha value is -0.940. The fourth-order valence-electron chi connectivity index (χ4n) is 1.56. The lowest BCUT2D eigenvalue weighted by Crippen LogP contribution is -2.26. The SMILES string of the molecule is COC(C)C(=O)Nc1nc2c(s1)CCC2. The molecule has 0 saturated heterocycles. The number of amides is 1. The molecule has 15 heavy (non-hydrogen) atoms. The van der Waals surface area contributed by atoms with E-state index >= 15 is 0 Å². The summed E-state index contributed by atoms with van der Waals surface area (Å²) < 4.78 is 4.93. The maximum Gasteiger partial charge on any atom is 0.254 e. The van der Waals surface area contributed by atoms with E-state index in [0.29, 0.717) is 5.13 Å². The maximum absolute atomic E-state index is 11.5. The number of methoxy groups -OCH3 is 1. The predicted molar refractivity (Wildman–Crippen MR) is 59.2 cm³/mol. The lowest BCUT2D eigenvalue weighted by molar-refractivity contribution is -0.124. The molecule has 0 aromatic carbocycles. The molecule has 1 heterocycles. The molecule has 1 aliphatic carbocycles. The summed E-state index contributed by atoms with van der Waals surface area (Å²) >= 11 is 1.58. The third-order valence-corrected chi connectivity index (χ3v) is 3.62. The van der Waals surface area contributed by atoms with Crippen LogP contribution in [-0.2, 0) is 22.4 Å². The number of carbonyl (C=O) groups excluding carboxylic acids is 1. The molecule has 1 unspecified atom stereocenters. The number of hydrogen-bond donors (Lipinski definition) is 1. The van der Waals surface area contributed by atoms with Gasteiger partial charge in [0.2, 0.25) is 0 Å². The summed E-state index contributed by atoms with van der Waals surface area (Å²) in [5.74, 6) is -0.134. The minimum Gasteiger partial charge on any atom is -0.372 e. The molecule has 2 rings (SSSR count). The Morgan fingerprint density at radius 2 is 2.40 bits per heavy atom. The third kappa shape index (κ3) is 2.18. The summed E-state index contributed by atoms with van der Waals surface area (Å²) in [6.45, 7) is 1.72. The number of carbonyl (C=O) groups is 1. The van der Waals surface area contributed by atoms with Crippen LogP contribution in [0, 0.1) is 0 Å². The molecule has 0 spiro atoms. The molecule has 1 N–H and O–H groups in total. The second-order valence-corrected chi connectivity index (χ2v) is 4.69. The van der Waals surface area contributed by atoms with Crippen molar-refractivity contribution in [3.63, 3.8) is 0 Å². The topological polar surface area (TPSA) is 51.2 Å². The number of thiazole rings is 1. The van der Waals surface area contributed by atoms with E-state index in [4.69, 9.17) is 4.74 Å². The molecule has 1 aromatic heterocycles. The van der Waals surface area contributed by atoms with Gasteiger partial charge in [-0.05, 0) is 26.2 Å². The highest BCUT2D eigenvalue weighted by molar-refractivity contribution is 7.15. The molecule has 0 saturated carbocycles. The third-order valence-electron chi connectivity index (χ3n) is 2.55. The number of anilines is 1. The smallest absolute Gasteiger partial charge is 0.254 e. The van der Waals surface area contributed by atoms with Crippen molar-refractivity contribution in [3.8, 4) is 0 Å². The van der Waals surface area contributed by atoms with E-state index in [1.165, 1.54) is 18.4 Å². The first-order chi connectivity index (χ1) is 7.20. The number of nitrogens with one attached hydrogen (secondary N) is 1. The number of hydrogen-bond acceptors (Lipinski definition) is 4. The Labute approximate surface area is 92.7 Å². The second-order valence-electron chi connectivity index (χ2n) is 3.61.